The second kappa shape index (κ2) is 6.28. The molecule has 1 aliphatic heterocycles. The lowest BCUT2D eigenvalue weighted by Crippen LogP contribution is -2.17. The number of hydrogen-bond donors (Lipinski definition) is 1. The fourth-order valence-electron chi connectivity index (χ4n) is 2.89. The van der Waals surface area contributed by atoms with Crippen molar-refractivity contribution in [3.63, 3.8) is 0 Å². The van der Waals surface area contributed by atoms with Crippen molar-refractivity contribution >= 4 is 16.8 Å². The Bertz CT molecular complexity index is 880. The maximum atomic E-state index is 11.3. The highest BCUT2D eigenvalue weighted by Crippen LogP contribution is 2.28. The molecule has 4 rings (SSSR count). The van der Waals surface area contributed by atoms with Crippen molar-refractivity contribution in [1.29, 1.82) is 0 Å². The molecule has 5 heteroatoms. The van der Waals surface area contributed by atoms with Crippen molar-refractivity contribution in [3.05, 3.63) is 54.7 Å². The largest absolute Gasteiger partial charge is 0.477 e. The molecule has 1 aliphatic rings. The summed E-state index contributed by atoms with van der Waals surface area (Å²) in [6, 6.07) is 15.8. The third-order valence-corrected chi connectivity index (χ3v) is 4.15. The predicted molar refractivity (Wildman–Crippen MR) is 91.6 cm³/mol. The Morgan fingerprint density at radius 3 is 2.83 bits per heavy atom. The van der Waals surface area contributed by atoms with Crippen molar-refractivity contribution in [1.82, 2.24) is 15.3 Å². The fourth-order valence-corrected chi connectivity index (χ4v) is 2.89. The van der Waals surface area contributed by atoms with Gasteiger partial charge in [0.05, 0.1) is 23.2 Å². The van der Waals surface area contributed by atoms with Crippen molar-refractivity contribution < 1.29 is 9.53 Å². The van der Waals surface area contributed by atoms with Gasteiger partial charge in [0.15, 0.2) is 0 Å². The smallest absolute Gasteiger partial charge is 0.223 e. The lowest BCUT2D eigenvalue weighted by atomic mass is 10.1. The highest BCUT2D eigenvalue weighted by Gasteiger charge is 2.22. The predicted octanol–water partition coefficient (Wildman–Crippen LogP) is 2.81. The average Bonchev–Trinajstić information content (AvgIpc) is 3.05. The van der Waals surface area contributed by atoms with Crippen LogP contribution in [0.5, 0.6) is 5.88 Å². The van der Waals surface area contributed by atoms with Crippen LogP contribution in [0, 0.1) is 5.92 Å². The quantitative estimate of drug-likeness (QED) is 0.803. The summed E-state index contributed by atoms with van der Waals surface area (Å²) in [5, 5.41) is 3.71. The van der Waals surface area contributed by atoms with E-state index in [0.717, 1.165) is 22.2 Å². The minimum atomic E-state index is 0.0844. The van der Waals surface area contributed by atoms with Gasteiger partial charge in [0.1, 0.15) is 0 Å². The van der Waals surface area contributed by atoms with E-state index >= 15 is 0 Å². The Hall–Kier alpha value is -2.95. The Balaban J connectivity index is 1.68. The SMILES string of the molecule is O=C1C[C@@H](COc2nc(-c3ccccc3)cc3ncccc23)CN1. The lowest BCUT2D eigenvalue weighted by Gasteiger charge is -2.13. The molecule has 0 radical (unpaired) electrons. The molecular formula is C19H17N3O2. The molecule has 3 heterocycles. The summed E-state index contributed by atoms with van der Waals surface area (Å²) in [7, 11) is 0. The standard InChI is InChI=1S/C19H17N3O2/c23-18-9-13(11-21-18)12-24-19-15-7-4-8-20-17(15)10-16(22-19)14-5-2-1-3-6-14/h1-8,10,13H,9,11-12H2,(H,21,23)/t13-/m1/s1. The summed E-state index contributed by atoms with van der Waals surface area (Å²) in [6.07, 6.45) is 2.27. The van der Waals surface area contributed by atoms with E-state index < -0.39 is 0 Å². The van der Waals surface area contributed by atoms with Gasteiger partial charge in [-0.3, -0.25) is 9.78 Å². The number of aromatic nitrogens is 2. The van der Waals surface area contributed by atoms with Crippen molar-refractivity contribution in [2.45, 2.75) is 6.42 Å². The number of carbonyl (C=O) groups excluding carboxylic acids is 1. The maximum Gasteiger partial charge on any atom is 0.223 e. The van der Waals surface area contributed by atoms with Crippen LogP contribution < -0.4 is 10.1 Å². The molecule has 1 fully saturated rings. The molecule has 5 nitrogen and oxygen atoms in total. The Morgan fingerprint density at radius 1 is 1.17 bits per heavy atom. The van der Waals surface area contributed by atoms with Crippen molar-refractivity contribution in [3.8, 4) is 17.1 Å². The zero-order chi connectivity index (χ0) is 16.4. The van der Waals surface area contributed by atoms with Crippen LogP contribution in [0.25, 0.3) is 22.2 Å². The number of ether oxygens (including phenoxy) is 1. The van der Waals surface area contributed by atoms with E-state index in [0.29, 0.717) is 25.5 Å². The van der Waals surface area contributed by atoms with E-state index in [1.165, 1.54) is 0 Å². The van der Waals surface area contributed by atoms with Crippen LogP contribution in [-0.4, -0.2) is 29.0 Å². The van der Waals surface area contributed by atoms with E-state index in [1.54, 1.807) is 6.20 Å². The molecule has 0 aliphatic carbocycles. The van der Waals surface area contributed by atoms with Crippen LogP contribution in [-0.2, 0) is 4.79 Å². The minimum Gasteiger partial charge on any atom is -0.477 e. The maximum absolute atomic E-state index is 11.3. The van der Waals surface area contributed by atoms with Crippen molar-refractivity contribution in [2.75, 3.05) is 13.2 Å². The van der Waals surface area contributed by atoms with Gasteiger partial charge < -0.3 is 10.1 Å². The number of fused-ring (bicyclic) bond motifs is 1. The van der Waals surface area contributed by atoms with Gasteiger partial charge in [0.2, 0.25) is 11.8 Å². The Kier molecular flexibility index (Phi) is 3.83. The summed E-state index contributed by atoms with van der Waals surface area (Å²) in [4.78, 5) is 20.4. The number of rotatable bonds is 4. The molecule has 0 unspecified atom stereocenters. The first kappa shape index (κ1) is 14.6. The molecule has 1 amide bonds. The van der Waals surface area contributed by atoms with E-state index in [2.05, 4.69) is 15.3 Å². The Morgan fingerprint density at radius 2 is 2.04 bits per heavy atom. The van der Waals surface area contributed by atoms with Gasteiger partial charge in [-0.25, -0.2) is 4.98 Å². The summed E-state index contributed by atoms with van der Waals surface area (Å²) < 4.78 is 5.97. The summed E-state index contributed by atoms with van der Waals surface area (Å²) in [5.74, 6) is 0.839. The molecule has 1 saturated heterocycles. The molecule has 0 bridgehead atoms. The van der Waals surface area contributed by atoms with E-state index in [-0.39, 0.29) is 11.8 Å². The minimum absolute atomic E-state index is 0.0844. The average molecular weight is 319 g/mol. The molecular weight excluding hydrogens is 302 g/mol. The van der Waals surface area contributed by atoms with Crippen LogP contribution in [0.2, 0.25) is 0 Å². The van der Waals surface area contributed by atoms with Crippen LogP contribution in [0.15, 0.2) is 54.7 Å². The Labute approximate surface area is 139 Å². The monoisotopic (exact) mass is 319 g/mol. The highest BCUT2D eigenvalue weighted by atomic mass is 16.5. The molecule has 1 atom stereocenters. The van der Waals surface area contributed by atoms with Gasteiger partial charge in [0, 0.05) is 30.6 Å². The van der Waals surface area contributed by atoms with E-state index in [1.807, 2.05) is 48.5 Å². The van der Waals surface area contributed by atoms with Crippen LogP contribution in [0.3, 0.4) is 0 Å². The third kappa shape index (κ3) is 2.93. The second-order valence-corrected chi connectivity index (χ2v) is 5.93. The van der Waals surface area contributed by atoms with Gasteiger partial charge in [-0.15, -0.1) is 0 Å². The molecule has 1 aromatic carbocycles. The van der Waals surface area contributed by atoms with Crippen LogP contribution in [0.4, 0.5) is 0 Å². The molecule has 120 valence electrons. The third-order valence-electron chi connectivity index (χ3n) is 4.15. The number of benzene rings is 1. The zero-order valence-electron chi connectivity index (χ0n) is 13.1. The number of nitrogens with one attached hydrogen (secondary N) is 1. The zero-order valence-corrected chi connectivity index (χ0v) is 13.1. The normalized spacial score (nSPS) is 17.0. The van der Waals surface area contributed by atoms with Crippen molar-refractivity contribution in [2.24, 2.45) is 5.92 Å². The van der Waals surface area contributed by atoms with Gasteiger partial charge in [0.25, 0.3) is 0 Å². The van der Waals surface area contributed by atoms with Gasteiger partial charge >= 0.3 is 0 Å². The number of amides is 1. The van der Waals surface area contributed by atoms with Crippen LogP contribution in [0.1, 0.15) is 6.42 Å². The fraction of sp³-hybridized carbons (Fsp3) is 0.211. The van der Waals surface area contributed by atoms with E-state index in [4.69, 9.17) is 4.74 Å². The summed E-state index contributed by atoms with van der Waals surface area (Å²) >= 11 is 0. The molecule has 0 spiro atoms. The first-order valence-corrected chi connectivity index (χ1v) is 8.00. The topological polar surface area (TPSA) is 64.1 Å². The number of carbonyl (C=O) groups is 1. The van der Waals surface area contributed by atoms with E-state index in [9.17, 15) is 4.79 Å². The molecule has 24 heavy (non-hydrogen) atoms. The summed E-state index contributed by atoms with van der Waals surface area (Å²) in [5.41, 5.74) is 2.70. The van der Waals surface area contributed by atoms with Gasteiger partial charge in [-0.1, -0.05) is 30.3 Å². The number of pyridine rings is 2. The number of nitrogens with zero attached hydrogens (tertiary/aromatic N) is 2. The molecule has 2 aromatic heterocycles. The molecule has 0 saturated carbocycles. The lowest BCUT2D eigenvalue weighted by molar-refractivity contribution is -0.119. The van der Waals surface area contributed by atoms with Gasteiger partial charge in [-0.2, -0.15) is 0 Å². The molecule has 1 N–H and O–H groups in total. The first-order valence-electron chi connectivity index (χ1n) is 8.00. The highest BCUT2D eigenvalue weighted by molar-refractivity contribution is 5.86. The first-order chi connectivity index (χ1) is 11.8. The van der Waals surface area contributed by atoms with Gasteiger partial charge in [-0.05, 0) is 18.2 Å². The summed E-state index contributed by atoms with van der Waals surface area (Å²) in [6.45, 7) is 1.13. The number of hydrogen-bond acceptors (Lipinski definition) is 4. The van der Waals surface area contributed by atoms with Crippen LogP contribution >= 0.6 is 0 Å². The molecule has 3 aromatic rings. The second-order valence-electron chi connectivity index (χ2n) is 5.93.